The van der Waals surface area contributed by atoms with Crippen LogP contribution in [0.1, 0.15) is 10.4 Å². The predicted octanol–water partition coefficient (Wildman–Crippen LogP) is -1.27. The topological polar surface area (TPSA) is 139 Å². The molecular formula is C12H14N2O6. The number of aliphatic hydroxyl groups excluding tert-OH is 1. The van der Waals surface area contributed by atoms with Gasteiger partial charge < -0.3 is 26.0 Å². The van der Waals surface area contributed by atoms with Gasteiger partial charge in [0, 0.05) is 5.56 Å². The molecule has 0 radical (unpaired) electrons. The number of amides is 2. The number of rotatable bonds is 7. The third kappa shape index (κ3) is 4.94. The molecule has 2 amide bonds. The molecule has 1 unspecified atom stereocenters. The van der Waals surface area contributed by atoms with Crippen LogP contribution < -0.4 is 15.8 Å². The molecule has 0 bridgehead atoms. The monoisotopic (exact) mass is 282 g/mol. The average molecular weight is 282 g/mol. The number of carbonyl (C=O) groups excluding carboxylic acids is 2. The van der Waals surface area contributed by atoms with Crippen LogP contribution in [0.2, 0.25) is 0 Å². The van der Waals surface area contributed by atoms with Gasteiger partial charge in [-0.1, -0.05) is 0 Å². The second kappa shape index (κ2) is 7.10. The Hall–Kier alpha value is -2.61. The number of carboxylic acid groups (broad SMARTS) is 1. The van der Waals surface area contributed by atoms with E-state index in [9.17, 15) is 14.4 Å². The summed E-state index contributed by atoms with van der Waals surface area (Å²) in [7, 11) is 0. The smallest absolute Gasteiger partial charge is 0.334 e. The first-order chi connectivity index (χ1) is 9.40. The third-order valence-corrected chi connectivity index (χ3v) is 2.24. The van der Waals surface area contributed by atoms with Gasteiger partial charge in [-0.25, -0.2) is 4.79 Å². The highest BCUT2D eigenvalue weighted by Crippen LogP contribution is 2.11. The number of ether oxygens (including phenoxy) is 1. The first kappa shape index (κ1) is 15.4. The van der Waals surface area contributed by atoms with Crippen molar-refractivity contribution in [2.45, 2.75) is 6.10 Å². The van der Waals surface area contributed by atoms with Gasteiger partial charge in [-0.3, -0.25) is 9.59 Å². The molecule has 1 aromatic carbocycles. The summed E-state index contributed by atoms with van der Waals surface area (Å²) in [5.41, 5.74) is 5.17. The zero-order chi connectivity index (χ0) is 15.1. The molecule has 0 spiro atoms. The molecule has 5 N–H and O–H groups in total. The lowest BCUT2D eigenvalue weighted by molar-refractivity contribution is -0.146. The van der Waals surface area contributed by atoms with Crippen LogP contribution in [-0.2, 0) is 9.59 Å². The van der Waals surface area contributed by atoms with E-state index >= 15 is 0 Å². The lowest BCUT2D eigenvalue weighted by atomic mass is 10.2. The van der Waals surface area contributed by atoms with E-state index in [0.29, 0.717) is 5.75 Å². The van der Waals surface area contributed by atoms with E-state index in [1.54, 1.807) is 0 Å². The number of carbonyl (C=O) groups is 3. The molecule has 108 valence electrons. The Labute approximate surface area is 114 Å². The fourth-order valence-electron chi connectivity index (χ4n) is 1.24. The molecule has 0 aromatic heterocycles. The van der Waals surface area contributed by atoms with Gasteiger partial charge in [0.2, 0.25) is 0 Å². The van der Waals surface area contributed by atoms with Crippen molar-refractivity contribution in [3.8, 4) is 5.75 Å². The number of aliphatic hydroxyl groups is 1. The van der Waals surface area contributed by atoms with E-state index in [1.807, 2.05) is 0 Å². The van der Waals surface area contributed by atoms with Gasteiger partial charge >= 0.3 is 5.97 Å². The molecule has 0 aliphatic carbocycles. The minimum atomic E-state index is -1.66. The SMILES string of the molecule is NC(=O)COc1ccc(C(=O)NCC(O)C(=O)O)cc1. The minimum Gasteiger partial charge on any atom is -0.484 e. The Kier molecular flexibility index (Phi) is 5.48. The van der Waals surface area contributed by atoms with E-state index in [4.69, 9.17) is 20.7 Å². The lowest BCUT2D eigenvalue weighted by Crippen LogP contribution is -2.36. The van der Waals surface area contributed by atoms with Crippen LogP contribution in [0.25, 0.3) is 0 Å². The van der Waals surface area contributed by atoms with E-state index in [0.717, 1.165) is 0 Å². The molecular weight excluding hydrogens is 268 g/mol. The van der Waals surface area contributed by atoms with E-state index in [1.165, 1.54) is 24.3 Å². The lowest BCUT2D eigenvalue weighted by Gasteiger charge is -2.08. The minimum absolute atomic E-state index is 0.258. The van der Waals surface area contributed by atoms with Crippen molar-refractivity contribution in [1.82, 2.24) is 5.32 Å². The van der Waals surface area contributed by atoms with Gasteiger partial charge in [0.25, 0.3) is 11.8 Å². The van der Waals surface area contributed by atoms with Crippen LogP contribution >= 0.6 is 0 Å². The highest BCUT2D eigenvalue weighted by molar-refractivity contribution is 5.94. The number of hydrogen-bond acceptors (Lipinski definition) is 5. The van der Waals surface area contributed by atoms with Gasteiger partial charge in [-0.2, -0.15) is 0 Å². The quantitative estimate of drug-likeness (QED) is 0.491. The van der Waals surface area contributed by atoms with Crippen LogP contribution in [0.4, 0.5) is 0 Å². The van der Waals surface area contributed by atoms with Crippen molar-refractivity contribution in [3.63, 3.8) is 0 Å². The molecule has 0 heterocycles. The normalized spacial score (nSPS) is 11.4. The maximum absolute atomic E-state index is 11.6. The van der Waals surface area contributed by atoms with Gasteiger partial charge in [0.05, 0.1) is 6.54 Å². The van der Waals surface area contributed by atoms with Gasteiger partial charge in [0.15, 0.2) is 12.7 Å². The summed E-state index contributed by atoms with van der Waals surface area (Å²) in [5, 5.41) is 19.7. The highest BCUT2D eigenvalue weighted by Gasteiger charge is 2.14. The molecule has 0 saturated carbocycles. The maximum atomic E-state index is 11.6. The van der Waals surface area contributed by atoms with Gasteiger partial charge in [0.1, 0.15) is 5.75 Å². The maximum Gasteiger partial charge on any atom is 0.334 e. The molecule has 0 saturated heterocycles. The molecule has 0 aliphatic rings. The second-order valence-electron chi connectivity index (χ2n) is 3.84. The van der Waals surface area contributed by atoms with Crippen molar-refractivity contribution in [2.24, 2.45) is 5.73 Å². The number of primary amides is 1. The van der Waals surface area contributed by atoms with Crippen molar-refractivity contribution >= 4 is 17.8 Å². The zero-order valence-electron chi connectivity index (χ0n) is 10.4. The summed E-state index contributed by atoms with van der Waals surface area (Å²) in [5.74, 6) is -2.20. The fraction of sp³-hybridized carbons (Fsp3) is 0.250. The first-order valence-electron chi connectivity index (χ1n) is 5.60. The summed E-state index contributed by atoms with van der Waals surface area (Å²) >= 11 is 0. The average Bonchev–Trinajstić information content (AvgIpc) is 2.42. The molecule has 8 nitrogen and oxygen atoms in total. The molecule has 1 atom stereocenters. The molecule has 8 heteroatoms. The zero-order valence-corrected chi connectivity index (χ0v) is 10.4. The van der Waals surface area contributed by atoms with Crippen LogP contribution in [0, 0.1) is 0 Å². The number of aliphatic carboxylic acids is 1. The van der Waals surface area contributed by atoms with Crippen LogP contribution in [-0.4, -0.2) is 47.3 Å². The number of carboxylic acids is 1. The first-order valence-corrected chi connectivity index (χ1v) is 5.60. The number of hydrogen-bond donors (Lipinski definition) is 4. The van der Waals surface area contributed by atoms with Crippen molar-refractivity contribution in [3.05, 3.63) is 29.8 Å². The Morgan fingerprint density at radius 2 is 1.85 bits per heavy atom. The second-order valence-corrected chi connectivity index (χ2v) is 3.84. The van der Waals surface area contributed by atoms with Gasteiger partial charge in [-0.15, -0.1) is 0 Å². The Morgan fingerprint density at radius 1 is 1.25 bits per heavy atom. The summed E-state index contributed by atoms with van der Waals surface area (Å²) in [4.78, 5) is 32.5. The van der Waals surface area contributed by atoms with Gasteiger partial charge in [-0.05, 0) is 24.3 Å². The standard InChI is InChI=1S/C12H14N2O6/c13-10(16)6-20-8-3-1-7(2-4-8)11(17)14-5-9(15)12(18)19/h1-4,9,15H,5-6H2,(H2,13,16)(H,14,17)(H,18,19). The van der Waals surface area contributed by atoms with Crippen LogP contribution in [0.5, 0.6) is 5.75 Å². The summed E-state index contributed by atoms with van der Waals surface area (Å²) < 4.78 is 5.01. The van der Waals surface area contributed by atoms with E-state index < -0.39 is 30.4 Å². The summed E-state index contributed by atoms with van der Waals surface area (Å²) in [6.45, 7) is -0.662. The Balaban J connectivity index is 2.53. The fourth-order valence-corrected chi connectivity index (χ4v) is 1.24. The Morgan fingerprint density at radius 3 is 2.35 bits per heavy atom. The summed E-state index contributed by atoms with van der Waals surface area (Å²) in [6.07, 6.45) is -1.66. The molecule has 0 fully saturated rings. The number of nitrogens with two attached hydrogens (primary N) is 1. The molecule has 0 aliphatic heterocycles. The number of nitrogens with one attached hydrogen (secondary N) is 1. The summed E-state index contributed by atoms with van der Waals surface area (Å²) in [6, 6.07) is 5.79. The van der Waals surface area contributed by atoms with E-state index in [-0.39, 0.29) is 12.2 Å². The predicted molar refractivity (Wildman–Crippen MR) is 67.1 cm³/mol. The van der Waals surface area contributed by atoms with E-state index in [2.05, 4.69) is 5.32 Å². The largest absolute Gasteiger partial charge is 0.484 e. The van der Waals surface area contributed by atoms with Crippen LogP contribution in [0.3, 0.4) is 0 Å². The van der Waals surface area contributed by atoms with Crippen molar-refractivity contribution in [2.75, 3.05) is 13.2 Å². The van der Waals surface area contributed by atoms with Crippen molar-refractivity contribution < 1.29 is 29.3 Å². The number of benzene rings is 1. The van der Waals surface area contributed by atoms with Crippen molar-refractivity contribution in [1.29, 1.82) is 0 Å². The molecule has 1 rings (SSSR count). The van der Waals surface area contributed by atoms with Crippen LogP contribution in [0.15, 0.2) is 24.3 Å². The molecule has 20 heavy (non-hydrogen) atoms. The molecule has 1 aromatic rings. The Bertz CT molecular complexity index is 499. The third-order valence-electron chi connectivity index (χ3n) is 2.24. The highest BCUT2D eigenvalue weighted by atomic mass is 16.5.